The van der Waals surface area contributed by atoms with Gasteiger partial charge in [0.15, 0.2) is 0 Å². The SMILES string of the molecule is CN1CCN(c2ccc(Nc3ncc4cc(C5=CNCN=C5)c(C5=CCCC5)n4n3)nc2)CC1. The molecule has 6 rings (SSSR count). The standard InChI is InChI=1S/C25H29N9/c1-32-8-10-33(11-9-32)20-6-7-23(28-15-20)30-25-29-16-21-12-22(19-13-26-17-27-14-19)24(34(21)31-25)18-4-2-3-5-18/h4,6-7,12-16,26H,2-3,5,8-11,17H2,1H3,(H,28,30,31). The minimum absolute atomic E-state index is 0.527. The van der Waals surface area contributed by atoms with Crippen LogP contribution in [0.15, 0.2) is 47.9 Å². The molecule has 1 saturated heterocycles. The maximum Gasteiger partial charge on any atom is 0.246 e. The summed E-state index contributed by atoms with van der Waals surface area (Å²) in [7, 11) is 2.17. The van der Waals surface area contributed by atoms with Crippen molar-refractivity contribution in [3.8, 4) is 0 Å². The van der Waals surface area contributed by atoms with Gasteiger partial charge in [-0.15, -0.1) is 5.10 Å². The third-order valence-electron chi connectivity index (χ3n) is 6.70. The van der Waals surface area contributed by atoms with Gasteiger partial charge in [0.25, 0.3) is 0 Å². The largest absolute Gasteiger partial charge is 0.372 e. The number of nitrogens with one attached hydrogen (secondary N) is 2. The summed E-state index contributed by atoms with van der Waals surface area (Å²) in [5.74, 6) is 1.26. The van der Waals surface area contributed by atoms with E-state index in [1.165, 1.54) is 12.0 Å². The van der Waals surface area contributed by atoms with Crippen LogP contribution in [0.3, 0.4) is 0 Å². The van der Waals surface area contributed by atoms with Crippen LogP contribution in [0.4, 0.5) is 17.5 Å². The highest BCUT2D eigenvalue weighted by Crippen LogP contribution is 2.34. The second kappa shape index (κ2) is 8.90. The van der Waals surface area contributed by atoms with Crippen LogP contribution in [0, 0.1) is 0 Å². The number of nitrogens with zero attached hydrogens (tertiary/aromatic N) is 7. The zero-order valence-corrected chi connectivity index (χ0v) is 19.4. The van der Waals surface area contributed by atoms with Gasteiger partial charge in [0.2, 0.25) is 5.95 Å². The van der Waals surface area contributed by atoms with Crippen LogP contribution in [0.2, 0.25) is 0 Å². The molecule has 9 nitrogen and oxygen atoms in total. The Balaban J connectivity index is 1.29. The Morgan fingerprint density at radius 3 is 2.71 bits per heavy atom. The molecule has 0 unspecified atom stereocenters. The fourth-order valence-electron chi connectivity index (χ4n) is 4.80. The highest BCUT2D eigenvalue weighted by Gasteiger charge is 2.21. The fraction of sp³-hybridized carbons (Fsp3) is 0.360. The van der Waals surface area contributed by atoms with E-state index in [9.17, 15) is 0 Å². The lowest BCUT2D eigenvalue weighted by atomic mass is 10.0. The highest BCUT2D eigenvalue weighted by molar-refractivity contribution is 6.12. The molecule has 0 amide bonds. The van der Waals surface area contributed by atoms with Gasteiger partial charge in [0, 0.05) is 49.7 Å². The number of pyridine rings is 1. The number of piperazine rings is 1. The van der Waals surface area contributed by atoms with Crippen LogP contribution in [0.5, 0.6) is 0 Å². The van der Waals surface area contributed by atoms with Gasteiger partial charge < -0.3 is 20.4 Å². The Bertz CT molecular complexity index is 1280. The van der Waals surface area contributed by atoms with Crippen molar-refractivity contribution in [3.05, 3.63) is 54.1 Å². The summed E-state index contributed by atoms with van der Waals surface area (Å²) in [5, 5.41) is 11.4. The number of hydrogen-bond acceptors (Lipinski definition) is 8. The number of anilines is 3. The lowest BCUT2D eigenvalue weighted by Crippen LogP contribution is -2.44. The van der Waals surface area contributed by atoms with Crippen molar-refractivity contribution in [1.82, 2.24) is 29.8 Å². The van der Waals surface area contributed by atoms with E-state index in [1.807, 2.05) is 35.4 Å². The first-order chi connectivity index (χ1) is 16.7. The van der Waals surface area contributed by atoms with Crippen molar-refractivity contribution in [2.24, 2.45) is 4.99 Å². The maximum atomic E-state index is 4.86. The van der Waals surface area contributed by atoms with Gasteiger partial charge in [0.05, 0.1) is 29.3 Å². The summed E-state index contributed by atoms with van der Waals surface area (Å²) in [4.78, 5) is 18.3. The number of allylic oxidation sites excluding steroid dienone is 3. The molecule has 0 atom stereocenters. The Morgan fingerprint density at radius 2 is 1.97 bits per heavy atom. The summed E-state index contributed by atoms with van der Waals surface area (Å²) >= 11 is 0. The monoisotopic (exact) mass is 455 g/mol. The zero-order valence-electron chi connectivity index (χ0n) is 19.4. The highest BCUT2D eigenvalue weighted by atomic mass is 15.3. The van der Waals surface area contributed by atoms with E-state index in [1.54, 1.807) is 0 Å². The van der Waals surface area contributed by atoms with E-state index < -0.39 is 0 Å². The summed E-state index contributed by atoms with van der Waals surface area (Å²) in [6.45, 7) is 4.81. The average Bonchev–Trinajstić information content (AvgIpc) is 3.53. The van der Waals surface area contributed by atoms with Crippen LogP contribution in [0.25, 0.3) is 16.7 Å². The molecule has 2 N–H and O–H groups in total. The minimum Gasteiger partial charge on any atom is -0.372 e. The molecule has 1 aliphatic carbocycles. The molecule has 0 radical (unpaired) electrons. The van der Waals surface area contributed by atoms with Crippen molar-refractivity contribution >= 4 is 40.3 Å². The Kier molecular flexibility index (Phi) is 5.46. The van der Waals surface area contributed by atoms with Gasteiger partial charge in [-0.25, -0.2) is 14.5 Å². The third kappa shape index (κ3) is 4.03. The smallest absolute Gasteiger partial charge is 0.246 e. The Hall–Kier alpha value is -3.72. The zero-order chi connectivity index (χ0) is 22.9. The number of fused-ring (bicyclic) bond motifs is 1. The van der Waals surface area contributed by atoms with Crippen molar-refractivity contribution in [1.29, 1.82) is 0 Å². The summed E-state index contributed by atoms with van der Waals surface area (Å²) in [6, 6.07) is 6.26. The lowest BCUT2D eigenvalue weighted by molar-refractivity contribution is 0.313. The molecule has 5 heterocycles. The fourth-order valence-corrected chi connectivity index (χ4v) is 4.80. The molecular weight excluding hydrogens is 426 g/mol. The number of aliphatic imine (C=N–C) groups is 1. The topological polar surface area (TPSA) is 86.0 Å². The molecule has 3 aromatic rings. The van der Waals surface area contributed by atoms with Gasteiger partial charge in [-0.1, -0.05) is 6.08 Å². The molecule has 0 spiro atoms. The van der Waals surface area contributed by atoms with Crippen LogP contribution in [-0.2, 0) is 0 Å². The van der Waals surface area contributed by atoms with Crippen molar-refractivity contribution < 1.29 is 0 Å². The average molecular weight is 456 g/mol. The first-order valence-electron chi connectivity index (χ1n) is 11.9. The predicted octanol–water partition coefficient (Wildman–Crippen LogP) is 3.16. The predicted molar refractivity (Wildman–Crippen MR) is 137 cm³/mol. The molecule has 34 heavy (non-hydrogen) atoms. The van der Waals surface area contributed by atoms with Crippen LogP contribution in [-0.4, -0.2) is 70.6 Å². The summed E-state index contributed by atoms with van der Waals surface area (Å²) in [6.07, 6.45) is 13.4. The molecule has 3 aromatic heterocycles. The molecule has 1 fully saturated rings. The molecule has 9 heteroatoms. The second-order valence-corrected chi connectivity index (χ2v) is 9.04. The van der Waals surface area contributed by atoms with E-state index in [2.05, 4.69) is 60.7 Å². The first-order valence-corrected chi connectivity index (χ1v) is 11.9. The number of hydrogen-bond donors (Lipinski definition) is 2. The molecule has 0 aromatic carbocycles. The number of likely N-dealkylation sites (N-methyl/N-ethyl adjacent to an activating group) is 1. The van der Waals surface area contributed by atoms with Gasteiger partial charge in [0.1, 0.15) is 12.5 Å². The first kappa shape index (κ1) is 20.9. The van der Waals surface area contributed by atoms with Crippen molar-refractivity contribution in [3.63, 3.8) is 0 Å². The van der Waals surface area contributed by atoms with E-state index in [4.69, 9.17) is 5.10 Å². The summed E-state index contributed by atoms with van der Waals surface area (Å²) < 4.78 is 2.00. The third-order valence-corrected chi connectivity index (χ3v) is 6.70. The molecule has 3 aliphatic rings. The molecule has 174 valence electrons. The van der Waals surface area contributed by atoms with E-state index in [-0.39, 0.29) is 0 Å². The van der Waals surface area contributed by atoms with E-state index >= 15 is 0 Å². The van der Waals surface area contributed by atoms with Gasteiger partial charge in [-0.2, -0.15) is 0 Å². The molecule has 0 bridgehead atoms. The van der Waals surface area contributed by atoms with Crippen molar-refractivity contribution in [2.75, 3.05) is 50.1 Å². The van der Waals surface area contributed by atoms with Crippen LogP contribution >= 0.6 is 0 Å². The van der Waals surface area contributed by atoms with Gasteiger partial charge in [-0.3, -0.25) is 4.99 Å². The Labute approximate surface area is 198 Å². The Morgan fingerprint density at radius 1 is 1.06 bits per heavy atom. The quantitative estimate of drug-likeness (QED) is 0.611. The normalized spacial score (nSPS) is 18.7. The maximum absolute atomic E-state index is 4.86. The summed E-state index contributed by atoms with van der Waals surface area (Å²) in [5.41, 5.74) is 6.76. The lowest BCUT2D eigenvalue weighted by Gasteiger charge is -2.33. The minimum atomic E-state index is 0.527. The van der Waals surface area contributed by atoms with E-state index in [0.29, 0.717) is 12.6 Å². The molecule has 2 aliphatic heterocycles. The number of aromatic nitrogens is 4. The molecule has 0 saturated carbocycles. The van der Waals surface area contributed by atoms with Gasteiger partial charge in [-0.05, 0) is 50.1 Å². The second-order valence-electron chi connectivity index (χ2n) is 9.04. The number of rotatable bonds is 5. The molecular formula is C25H29N9. The van der Waals surface area contributed by atoms with Gasteiger partial charge >= 0.3 is 0 Å². The van der Waals surface area contributed by atoms with Crippen LogP contribution < -0.4 is 15.5 Å². The van der Waals surface area contributed by atoms with Crippen molar-refractivity contribution in [2.45, 2.75) is 19.3 Å². The van der Waals surface area contributed by atoms with Crippen LogP contribution in [0.1, 0.15) is 30.5 Å². The van der Waals surface area contributed by atoms with E-state index in [0.717, 1.165) is 72.9 Å².